The lowest BCUT2D eigenvalue weighted by Crippen LogP contribution is -2.17. The van der Waals surface area contributed by atoms with E-state index in [0.29, 0.717) is 0 Å². The summed E-state index contributed by atoms with van der Waals surface area (Å²) in [6.07, 6.45) is 1.04. The van der Waals surface area contributed by atoms with E-state index in [4.69, 9.17) is 4.74 Å². The van der Waals surface area contributed by atoms with E-state index in [1.807, 2.05) is 12.1 Å². The minimum Gasteiger partial charge on any atom is -0.497 e. The van der Waals surface area contributed by atoms with Crippen molar-refractivity contribution in [2.45, 2.75) is 26.8 Å². The van der Waals surface area contributed by atoms with E-state index in [-0.39, 0.29) is 0 Å². The van der Waals surface area contributed by atoms with Crippen molar-refractivity contribution in [3.8, 4) is 5.75 Å². The van der Waals surface area contributed by atoms with Crippen LogP contribution in [-0.2, 0) is 13.0 Å². The molecule has 0 saturated heterocycles. The van der Waals surface area contributed by atoms with Crippen LogP contribution in [0, 0.1) is 13.8 Å². The molecule has 0 spiro atoms. The van der Waals surface area contributed by atoms with Crippen molar-refractivity contribution in [2.24, 2.45) is 0 Å². The lowest BCUT2D eigenvalue weighted by molar-refractivity contribution is 0.414. The molecule has 2 aromatic rings. The zero-order valence-electron chi connectivity index (χ0n) is 12.6. The predicted octanol–water partition coefficient (Wildman–Crippen LogP) is 3.64. The summed E-state index contributed by atoms with van der Waals surface area (Å²) in [7, 11) is 1.70. The van der Waals surface area contributed by atoms with Gasteiger partial charge < -0.3 is 10.1 Å². The third-order valence-electron chi connectivity index (χ3n) is 3.57. The lowest BCUT2D eigenvalue weighted by atomic mass is 10.1. The van der Waals surface area contributed by atoms with E-state index in [1.165, 1.54) is 22.3 Å². The quantitative estimate of drug-likeness (QED) is 0.808. The molecule has 0 bridgehead atoms. The number of hydrogen-bond acceptors (Lipinski definition) is 2. The van der Waals surface area contributed by atoms with E-state index < -0.39 is 0 Å². The SMILES string of the molecule is COc1ccc(CCNCc2cc(C)ccc2C)cc1. The maximum atomic E-state index is 5.16. The summed E-state index contributed by atoms with van der Waals surface area (Å²) in [4.78, 5) is 0. The van der Waals surface area contributed by atoms with Crippen LogP contribution in [0.3, 0.4) is 0 Å². The first-order valence-electron chi connectivity index (χ1n) is 7.09. The molecule has 0 saturated carbocycles. The van der Waals surface area contributed by atoms with Gasteiger partial charge in [0, 0.05) is 6.54 Å². The third-order valence-corrected chi connectivity index (χ3v) is 3.57. The molecule has 0 aliphatic carbocycles. The average Bonchev–Trinajstić information content (AvgIpc) is 2.47. The van der Waals surface area contributed by atoms with Gasteiger partial charge in [0.2, 0.25) is 0 Å². The van der Waals surface area contributed by atoms with Crippen LogP contribution in [0.15, 0.2) is 42.5 Å². The predicted molar refractivity (Wildman–Crippen MR) is 84.3 cm³/mol. The molecule has 20 heavy (non-hydrogen) atoms. The lowest BCUT2D eigenvalue weighted by Gasteiger charge is -2.09. The van der Waals surface area contributed by atoms with Gasteiger partial charge in [-0.2, -0.15) is 0 Å². The molecule has 0 atom stereocenters. The Bertz CT molecular complexity index is 546. The highest BCUT2D eigenvalue weighted by Gasteiger charge is 1.99. The molecule has 0 fully saturated rings. The van der Waals surface area contributed by atoms with Crippen molar-refractivity contribution in [1.82, 2.24) is 5.32 Å². The molecule has 2 heteroatoms. The van der Waals surface area contributed by atoms with Crippen LogP contribution in [0.1, 0.15) is 22.3 Å². The standard InChI is InChI=1S/C18H23NO/c1-14-4-5-15(2)17(12-14)13-19-11-10-16-6-8-18(20-3)9-7-16/h4-9,12,19H,10-11,13H2,1-3H3. The molecule has 0 aromatic heterocycles. The van der Waals surface area contributed by atoms with Gasteiger partial charge in [0.25, 0.3) is 0 Å². The van der Waals surface area contributed by atoms with Gasteiger partial charge in [-0.3, -0.25) is 0 Å². The monoisotopic (exact) mass is 269 g/mol. The van der Waals surface area contributed by atoms with E-state index in [2.05, 4.69) is 49.5 Å². The highest BCUT2D eigenvalue weighted by atomic mass is 16.5. The molecule has 106 valence electrons. The van der Waals surface area contributed by atoms with Gasteiger partial charge in [-0.15, -0.1) is 0 Å². The van der Waals surface area contributed by atoms with Gasteiger partial charge in [-0.1, -0.05) is 35.9 Å². The van der Waals surface area contributed by atoms with Gasteiger partial charge >= 0.3 is 0 Å². The van der Waals surface area contributed by atoms with Crippen LogP contribution in [0.4, 0.5) is 0 Å². The minimum atomic E-state index is 0.914. The van der Waals surface area contributed by atoms with E-state index in [0.717, 1.165) is 25.3 Å². The Morgan fingerprint density at radius 2 is 1.75 bits per heavy atom. The summed E-state index contributed by atoms with van der Waals surface area (Å²) >= 11 is 0. The first-order valence-corrected chi connectivity index (χ1v) is 7.09. The maximum absolute atomic E-state index is 5.16. The highest BCUT2D eigenvalue weighted by molar-refractivity contribution is 5.30. The average molecular weight is 269 g/mol. The van der Waals surface area contributed by atoms with Gasteiger partial charge in [0.15, 0.2) is 0 Å². The Kier molecular flexibility index (Phi) is 5.19. The minimum absolute atomic E-state index is 0.914. The van der Waals surface area contributed by atoms with Crippen LogP contribution in [0.2, 0.25) is 0 Å². The van der Waals surface area contributed by atoms with E-state index >= 15 is 0 Å². The molecule has 0 unspecified atom stereocenters. The van der Waals surface area contributed by atoms with Gasteiger partial charge in [0.1, 0.15) is 5.75 Å². The molecule has 2 rings (SSSR count). The van der Waals surface area contributed by atoms with Crippen molar-refractivity contribution >= 4 is 0 Å². The number of hydrogen-bond donors (Lipinski definition) is 1. The Morgan fingerprint density at radius 3 is 2.45 bits per heavy atom. The van der Waals surface area contributed by atoms with Gasteiger partial charge in [-0.25, -0.2) is 0 Å². The molecule has 0 aliphatic heterocycles. The third kappa shape index (κ3) is 4.10. The number of nitrogens with one attached hydrogen (secondary N) is 1. The van der Waals surface area contributed by atoms with Gasteiger partial charge in [0.05, 0.1) is 7.11 Å². The second-order valence-electron chi connectivity index (χ2n) is 5.20. The summed E-state index contributed by atoms with van der Waals surface area (Å²) < 4.78 is 5.16. The maximum Gasteiger partial charge on any atom is 0.118 e. The second kappa shape index (κ2) is 7.11. The van der Waals surface area contributed by atoms with Crippen molar-refractivity contribution in [3.05, 3.63) is 64.7 Å². The first-order chi connectivity index (χ1) is 9.69. The molecular weight excluding hydrogens is 246 g/mol. The summed E-state index contributed by atoms with van der Waals surface area (Å²) in [6, 6.07) is 14.9. The van der Waals surface area contributed by atoms with Crippen LogP contribution >= 0.6 is 0 Å². The molecule has 0 heterocycles. The van der Waals surface area contributed by atoms with E-state index in [9.17, 15) is 0 Å². The first kappa shape index (κ1) is 14.6. The van der Waals surface area contributed by atoms with Crippen molar-refractivity contribution < 1.29 is 4.74 Å². The zero-order valence-corrected chi connectivity index (χ0v) is 12.6. The Morgan fingerprint density at radius 1 is 1.00 bits per heavy atom. The Hall–Kier alpha value is -1.80. The molecule has 0 radical (unpaired) electrons. The molecule has 2 nitrogen and oxygen atoms in total. The number of methoxy groups -OCH3 is 1. The van der Waals surface area contributed by atoms with E-state index in [1.54, 1.807) is 7.11 Å². The normalized spacial score (nSPS) is 10.6. The number of benzene rings is 2. The molecule has 1 N–H and O–H groups in total. The Balaban J connectivity index is 1.79. The number of ether oxygens (including phenoxy) is 1. The zero-order chi connectivity index (χ0) is 14.4. The van der Waals surface area contributed by atoms with Crippen LogP contribution in [0.25, 0.3) is 0 Å². The topological polar surface area (TPSA) is 21.3 Å². The number of aryl methyl sites for hydroxylation is 2. The summed E-state index contributed by atoms with van der Waals surface area (Å²) in [5, 5.41) is 3.52. The summed E-state index contributed by atoms with van der Waals surface area (Å²) in [6.45, 7) is 6.23. The smallest absolute Gasteiger partial charge is 0.118 e. The fourth-order valence-electron chi connectivity index (χ4n) is 2.24. The fourth-order valence-corrected chi connectivity index (χ4v) is 2.24. The Labute approximate surface area is 121 Å². The molecule has 0 aliphatic rings. The van der Waals surface area contributed by atoms with Crippen molar-refractivity contribution in [2.75, 3.05) is 13.7 Å². The van der Waals surface area contributed by atoms with Crippen molar-refractivity contribution in [3.63, 3.8) is 0 Å². The van der Waals surface area contributed by atoms with Crippen molar-refractivity contribution in [1.29, 1.82) is 0 Å². The van der Waals surface area contributed by atoms with Crippen LogP contribution in [-0.4, -0.2) is 13.7 Å². The molecule has 0 amide bonds. The highest BCUT2D eigenvalue weighted by Crippen LogP contribution is 2.12. The number of rotatable bonds is 6. The fraction of sp³-hybridized carbons (Fsp3) is 0.333. The van der Waals surface area contributed by atoms with Gasteiger partial charge in [-0.05, 0) is 55.6 Å². The largest absolute Gasteiger partial charge is 0.497 e. The second-order valence-corrected chi connectivity index (χ2v) is 5.20. The van der Waals surface area contributed by atoms with Crippen LogP contribution in [0.5, 0.6) is 5.75 Å². The summed E-state index contributed by atoms with van der Waals surface area (Å²) in [5.41, 5.74) is 5.40. The molecule has 2 aromatic carbocycles. The van der Waals surface area contributed by atoms with Crippen LogP contribution < -0.4 is 10.1 Å². The summed E-state index contributed by atoms with van der Waals surface area (Å²) in [5.74, 6) is 0.914. The molecular formula is C18H23NO.